The van der Waals surface area contributed by atoms with Crippen molar-refractivity contribution in [2.75, 3.05) is 25.3 Å². The summed E-state index contributed by atoms with van der Waals surface area (Å²) in [6, 6.07) is 0. The summed E-state index contributed by atoms with van der Waals surface area (Å²) in [4.78, 5) is 24.5. The van der Waals surface area contributed by atoms with Crippen LogP contribution in [-0.2, 0) is 32.0 Å². The molecule has 0 fully saturated rings. The molecule has 276 valence electrons. The third kappa shape index (κ3) is 7.77. The normalized spacial score (nSPS) is 21.4. The number of amides is 1. The molecule has 2 aromatic heterocycles. The van der Waals surface area contributed by atoms with Crippen molar-refractivity contribution < 1.29 is 58.3 Å². The molecule has 1 unspecified atom stereocenters. The molecule has 2 aliphatic heterocycles. The summed E-state index contributed by atoms with van der Waals surface area (Å²) < 4.78 is 119. The smallest absolute Gasteiger partial charge is 0.402 e. The number of aromatic nitrogens is 4. The monoisotopic (exact) mass is 743 g/mol. The van der Waals surface area contributed by atoms with Crippen LogP contribution in [0.25, 0.3) is 11.2 Å². The van der Waals surface area contributed by atoms with Gasteiger partial charge in [0.15, 0.2) is 40.5 Å². The summed E-state index contributed by atoms with van der Waals surface area (Å²) >= 11 is 0. The molecule has 4 heterocycles. The van der Waals surface area contributed by atoms with E-state index in [0.29, 0.717) is 0 Å². The topological polar surface area (TPSA) is 128 Å². The third-order valence-electron chi connectivity index (χ3n) is 8.62. The predicted molar refractivity (Wildman–Crippen MR) is 168 cm³/mol. The van der Waals surface area contributed by atoms with Gasteiger partial charge in [-0.05, 0) is 11.1 Å². The fourth-order valence-corrected chi connectivity index (χ4v) is 17.0. The molecule has 0 aliphatic carbocycles. The zero-order valence-corrected chi connectivity index (χ0v) is 30.7. The number of hydrogen-bond donors (Lipinski definition) is 1. The summed E-state index contributed by atoms with van der Waals surface area (Å²) in [6.07, 6.45) is -11.1. The lowest BCUT2D eigenvalue weighted by molar-refractivity contribution is -0.299. The zero-order chi connectivity index (χ0) is 36.7. The van der Waals surface area contributed by atoms with Crippen molar-refractivity contribution in [2.45, 2.75) is 109 Å². The minimum Gasteiger partial charge on any atom is -0.519 e. The number of ether oxygens (including phenoxy) is 3. The van der Waals surface area contributed by atoms with Gasteiger partial charge in [-0.15, -0.1) is 0 Å². The average molecular weight is 744 g/mol. The van der Waals surface area contributed by atoms with Crippen LogP contribution in [-0.4, -0.2) is 81.0 Å². The van der Waals surface area contributed by atoms with Crippen molar-refractivity contribution in [1.29, 1.82) is 0 Å². The highest BCUT2D eigenvalue weighted by molar-refractivity contribution is 6.84. The van der Waals surface area contributed by atoms with E-state index in [-0.39, 0.29) is 57.3 Å². The largest absolute Gasteiger partial charge is 0.519 e. The van der Waals surface area contributed by atoms with E-state index in [9.17, 15) is 31.1 Å². The van der Waals surface area contributed by atoms with E-state index in [0.717, 1.165) is 0 Å². The van der Waals surface area contributed by atoms with E-state index in [2.05, 4.69) is 20.3 Å². The van der Waals surface area contributed by atoms with Gasteiger partial charge in [0.05, 0.1) is 13.2 Å². The minimum atomic E-state index is -5.59. The Morgan fingerprint density at radius 2 is 1.55 bits per heavy atom. The number of hydrogen-bond acceptors (Lipinski definition) is 10. The van der Waals surface area contributed by atoms with Crippen LogP contribution in [0.1, 0.15) is 68.5 Å². The van der Waals surface area contributed by atoms with Crippen LogP contribution in [0.5, 0.6) is 0 Å². The maximum atomic E-state index is 13.2. The molecule has 0 spiro atoms. The fourth-order valence-electron chi connectivity index (χ4n) is 6.12. The first-order valence-electron chi connectivity index (χ1n) is 15.9. The number of nitrogens with one attached hydrogen (secondary N) is 1. The standard InChI is InChI=1S/C29H43F6N5O7Si2/c1-15(2)48(16(3)4)44-10-20-23(46-49(47-48,17(5)6)18(7)8)24(43-14-42-11-21(28(30,31)32)29(33,34)35)27(45-20)40-13-38-22-25(39-19(9)41)36-12-37-26(22)40/h12-13,15-18,21,24,27H,10-11,14H2,1-9H3,(H,36,37,39,41)/t24?,27-/m1/s1. The first-order chi connectivity index (χ1) is 22.7. The highest BCUT2D eigenvalue weighted by Crippen LogP contribution is 2.50. The Bertz CT molecular complexity index is 1490. The zero-order valence-electron chi connectivity index (χ0n) is 28.7. The molecule has 2 aromatic rings. The lowest BCUT2D eigenvalue weighted by atomic mass is 10.1. The van der Waals surface area contributed by atoms with Gasteiger partial charge in [-0.1, -0.05) is 55.4 Å². The SMILES string of the molecule is CC(=O)Nc1ncnc2c1ncn2[C@@H]1OC2=C(O[Si](C(C)C)(C(C)C)O[Si](C(C)C)(C(C)C)OC2)C1OCOCC(C(F)(F)F)C(F)(F)F. The number of halogens is 6. The summed E-state index contributed by atoms with van der Waals surface area (Å²) in [5.74, 6) is -3.68. The van der Waals surface area contributed by atoms with E-state index in [1.807, 2.05) is 55.4 Å². The van der Waals surface area contributed by atoms with Crippen molar-refractivity contribution in [3.8, 4) is 0 Å². The molecule has 0 saturated heterocycles. The second-order valence-electron chi connectivity index (χ2n) is 13.3. The summed E-state index contributed by atoms with van der Waals surface area (Å²) in [6.45, 7) is 14.5. The van der Waals surface area contributed by atoms with E-state index < -0.39 is 67.0 Å². The minimum absolute atomic E-state index is 0.00280. The van der Waals surface area contributed by atoms with Gasteiger partial charge in [-0.25, -0.2) is 15.0 Å². The fraction of sp³-hybridized carbons (Fsp3) is 0.724. The van der Waals surface area contributed by atoms with Crippen LogP contribution in [0.4, 0.5) is 32.2 Å². The highest BCUT2D eigenvalue weighted by atomic mass is 28.5. The molecule has 12 nitrogen and oxygen atoms in total. The molecule has 0 aromatic carbocycles. The Labute approximate surface area is 282 Å². The number of anilines is 1. The Hall–Kier alpha value is -2.79. The molecule has 20 heteroatoms. The molecule has 0 radical (unpaired) electrons. The maximum Gasteiger partial charge on any atom is 0.402 e. The van der Waals surface area contributed by atoms with Crippen molar-refractivity contribution in [2.24, 2.45) is 5.92 Å². The Balaban J connectivity index is 1.80. The van der Waals surface area contributed by atoms with Crippen LogP contribution in [0.15, 0.2) is 24.2 Å². The molecule has 1 N–H and O–H groups in total. The van der Waals surface area contributed by atoms with E-state index in [1.165, 1.54) is 24.1 Å². The molecule has 2 aliphatic rings. The maximum absolute atomic E-state index is 13.2. The molecule has 49 heavy (non-hydrogen) atoms. The summed E-state index contributed by atoms with van der Waals surface area (Å²) in [5, 5.41) is 2.57. The Kier molecular flexibility index (Phi) is 11.5. The number of rotatable bonds is 11. The van der Waals surface area contributed by atoms with Crippen LogP contribution in [0.3, 0.4) is 0 Å². The molecular weight excluding hydrogens is 701 g/mol. The van der Waals surface area contributed by atoms with Crippen molar-refractivity contribution in [1.82, 2.24) is 19.5 Å². The highest BCUT2D eigenvalue weighted by Gasteiger charge is 2.61. The molecular formula is C29H43F6N5O7Si2. The predicted octanol–water partition coefficient (Wildman–Crippen LogP) is 7.21. The van der Waals surface area contributed by atoms with Gasteiger partial charge in [-0.2, -0.15) is 26.3 Å². The Morgan fingerprint density at radius 3 is 2.08 bits per heavy atom. The van der Waals surface area contributed by atoms with Crippen molar-refractivity contribution >= 4 is 40.0 Å². The Morgan fingerprint density at radius 1 is 0.959 bits per heavy atom. The van der Waals surface area contributed by atoms with Crippen LogP contribution in [0, 0.1) is 5.92 Å². The van der Waals surface area contributed by atoms with Crippen molar-refractivity contribution in [3.05, 3.63) is 24.2 Å². The second-order valence-corrected chi connectivity index (χ2v) is 22.1. The number of imidazole rings is 1. The van der Waals surface area contributed by atoms with Gasteiger partial charge < -0.3 is 32.5 Å². The molecule has 1 amide bonds. The first-order valence-corrected chi connectivity index (χ1v) is 19.8. The molecule has 0 bridgehead atoms. The van der Waals surface area contributed by atoms with Gasteiger partial charge in [0.2, 0.25) is 12.1 Å². The lowest BCUT2D eigenvalue weighted by Gasteiger charge is -2.49. The van der Waals surface area contributed by atoms with Crippen LogP contribution in [0.2, 0.25) is 22.2 Å². The van der Waals surface area contributed by atoms with Gasteiger partial charge in [0, 0.05) is 18.0 Å². The van der Waals surface area contributed by atoms with Crippen molar-refractivity contribution in [3.63, 3.8) is 0 Å². The molecule has 2 atom stereocenters. The van der Waals surface area contributed by atoms with Gasteiger partial charge in [0.25, 0.3) is 0 Å². The third-order valence-corrected chi connectivity index (χ3v) is 18.7. The quantitative estimate of drug-likeness (QED) is 0.109. The van der Waals surface area contributed by atoms with E-state index in [1.54, 1.807) is 0 Å². The van der Waals surface area contributed by atoms with Crippen LogP contribution < -0.4 is 5.32 Å². The molecule has 0 saturated carbocycles. The number of carbonyl (C=O) groups is 1. The summed E-state index contributed by atoms with van der Waals surface area (Å²) in [7, 11) is -6.37. The lowest BCUT2D eigenvalue weighted by Crippen LogP contribution is -2.62. The van der Waals surface area contributed by atoms with Crippen LogP contribution >= 0.6 is 0 Å². The van der Waals surface area contributed by atoms with E-state index >= 15 is 0 Å². The van der Waals surface area contributed by atoms with Gasteiger partial charge in [0.1, 0.15) is 19.4 Å². The first kappa shape index (κ1) is 39.0. The number of alkyl halides is 6. The van der Waals surface area contributed by atoms with Gasteiger partial charge in [-0.3, -0.25) is 9.36 Å². The number of carbonyl (C=O) groups excluding carboxylic acids is 1. The number of nitrogens with zero attached hydrogens (tertiary/aromatic N) is 4. The van der Waals surface area contributed by atoms with Gasteiger partial charge >= 0.3 is 29.5 Å². The number of fused-ring (bicyclic) bond motifs is 1. The second kappa shape index (κ2) is 14.4. The van der Waals surface area contributed by atoms with E-state index in [4.69, 9.17) is 27.2 Å². The summed E-state index contributed by atoms with van der Waals surface area (Å²) in [5.41, 5.74) is 0.0704. The molecule has 4 rings (SSSR count). The average Bonchev–Trinajstić information content (AvgIpc) is 3.52.